The van der Waals surface area contributed by atoms with Gasteiger partial charge >= 0.3 is 0 Å². The molecule has 1 fully saturated rings. The summed E-state index contributed by atoms with van der Waals surface area (Å²) in [5, 5.41) is 3.40. The Balaban J connectivity index is 1.62. The van der Waals surface area contributed by atoms with Gasteiger partial charge in [0, 0.05) is 42.5 Å². The van der Waals surface area contributed by atoms with Gasteiger partial charge in [0.1, 0.15) is 0 Å². The molecule has 18 heavy (non-hydrogen) atoms. The van der Waals surface area contributed by atoms with E-state index < -0.39 is 9.84 Å². The van der Waals surface area contributed by atoms with Gasteiger partial charge < -0.3 is 10.2 Å². The maximum absolute atomic E-state index is 11.3. The maximum atomic E-state index is 11.3. The molecule has 102 valence electrons. The van der Waals surface area contributed by atoms with Crippen LogP contribution in [0.4, 0.5) is 0 Å². The molecular weight excluding hydrogens is 268 g/mol. The van der Waals surface area contributed by atoms with Crippen LogP contribution in [0.1, 0.15) is 9.75 Å². The Morgan fingerprint density at radius 3 is 2.67 bits per heavy atom. The van der Waals surface area contributed by atoms with E-state index in [0.717, 1.165) is 19.6 Å². The van der Waals surface area contributed by atoms with Crippen LogP contribution < -0.4 is 5.32 Å². The van der Waals surface area contributed by atoms with Crippen molar-refractivity contribution in [1.29, 1.82) is 0 Å². The third kappa shape index (κ3) is 4.35. The molecule has 2 heterocycles. The van der Waals surface area contributed by atoms with E-state index in [-0.39, 0.29) is 0 Å². The molecule has 2 rings (SSSR count). The van der Waals surface area contributed by atoms with Crippen molar-refractivity contribution >= 4 is 21.2 Å². The van der Waals surface area contributed by atoms with E-state index in [1.807, 2.05) is 11.3 Å². The molecule has 1 aromatic heterocycles. The van der Waals surface area contributed by atoms with Gasteiger partial charge in [-0.15, -0.1) is 11.3 Å². The molecule has 0 atom stereocenters. The van der Waals surface area contributed by atoms with Gasteiger partial charge in [0.05, 0.1) is 11.5 Å². The molecule has 4 nitrogen and oxygen atoms in total. The van der Waals surface area contributed by atoms with Crippen LogP contribution in [0, 0.1) is 6.92 Å². The highest BCUT2D eigenvalue weighted by atomic mass is 32.2. The van der Waals surface area contributed by atoms with Gasteiger partial charge in [-0.25, -0.2) is 8.42 Å². The lowest BCUT2D eigenvalue weighted by Crippen LogP contribution is -2.43. The predicted molar refractivity (Wildman–Crippen MR) is 75.9 cm³/mol. The monoisotopic (exact) mass is 288 g/mol. The summed E-state index contributed by atoms with van der Waals surface area (Å²) in [6.07, 6.45) is 0. The maximum Gasteiger partial charge on any atom is 0.152 e. The quantitative estimate of drug-likeness (QED) is 0.817. The van der Waals surface area contributed by atoms with Crippen molar-refractivity contribution in [3.63, 3.8) is 0 Å². The Morgan fingerprint density at radius 1 is 1.33 bits per heavy atom. The highest BCUT2D eigenvalue weighted by molar-refractivity contribution is 7.91. The molecule has 1 aliphatic heterocycles. The van der Waals surface area contributed by atoms with Crippen LogP contribution >= 0.6 is 11.3 Å². The summed E-state index contributed by atoms with van der Waals surface area (Å²) >= 11 is 1.82. The average Bonchev–Trinajstić information content (AvgIpc) is 2.72. The number of hydrogen-bond acceptors (Lipinski definition) is 5. The van der Waals surface area contributed by atoms with Crippen molar-refractivity contribution in [2.45, 2.75) is 13.5 Å². The van der Waals surface area contributed by atoms with Crippen molar-refractivity contribution in [2.75, 3.05) is 37.7 Å². The van der Waals surface area contributed by atoms with Crippen LogP contribution in [0.3, 0.4) is 0 Å². The fourth-order valence-electron chi connectivity index (χ4n) is 2.00. The number of nitrogens with one attached hydrogen (secondary N) is 1. The Labute approximate surface area is 113 Å². The molecule has 0 amide bonds. The highest BCUT2D eigenvalue weighted by Gasteiger charge is 2.20. The Morgan fingerprint density at radius 2 is 2.06 bits per heavy atom. The topological polar surface area (TPSA) is 49.4 Å². The van der Waals surface area contributed by atoms with Crippen LogP contribution in [-0.4, -0.2) is 51.0 Å². The van der Waals surface area contributed by atoms with E-state index in [4.69, 9.17) is 0 Å². The van der Waals surface area contributed by atoms with Crippen LogP contribution in [-0.2, 0) is 16.4 Å². The molecule has 6 heteroatoms. The summed E-state index contributed by atoms with van der Waals surface area (Å²) in [6, 6.07) is 4.29. The molecule has 0 spiro atoms. The van der Waals surface area contributed by atoms with Crippen molar-refractivity contribution in [3.8, 4) is 0 Å². The Bertz CT molecular complexity index is 468. The first-order chi connectivity index (χ1) is 8.55. The fourth-order valence-corrected chi connectivity index (χ4v) is 4.14. The van der Waals surface area contributed by atoms with Crippen LogP contribution in [0.5, 0.6) is 0 Å². The summed E-state index contributed by atoms with van der Waals surface area (Å²) in [6.45, 7) is 6.23. The zero-order chi connectivity index (χ0) is 13.0. The number of sulfone groups is 1. The SMILES string of the molecule is Cc1ccc(CNCCN2CCS(=O)(=O)CC2)s1. The predicted octanol–water partition coefficient (Wildman–Crippen LogP) is 0.877. The molecule has 1 aromatic rings. The Hall–Kier alpha value is -0.430. The molecule has 0 radical (unpaired) electrons. The molecule has 1 aliphatic rings. The average molecular weight is 288 g/mol. The normalized spacial score (nSPS) is 20.1. The van der Waals surface area contributed by atoms with Crippen molar-refractivity contribution in [1.82, 2.24) is 10.2 Å². The second kappa shape index (κ2) is 6.14. The first-order valence-electron chi connectivity index (χ1n) is 6.24. The van der Waals surface area contributed by atoms with Gasteiger partial charge in [-0.1, -0.05) is 0 Å². The van der Waals surface area contributed by atoms with E-state index in [9.17, 15) is 8.42 Å². The zero-order valence-electron chi connectivity index (χ0n) is 10.7. The molecule has 0 bridgehead atoms. The lowest BCUT2D eigenvalue weighted by Gasteiger charge is -2.26. The Kier molecular flexibility index (Phi) is 4.77. The van der Waals surface area contributed by atoms with Crippen molar-refractivity contribution < 1.29 is 8.42 Å². The second-order valence-corrected chi connectivity index (χ2v) is 8.36. The third-order valence-electron chi connectivity index (χ3n) is 3.14. The molecule has 0 unspecified atom stereocenters. The van der Waals surface area contributed by atoms with Crippen molar-refractivity contribution in [3.05, 3.63) is 21.9 Å². The number of thiophene rings is 1. The first-order valence-corrected chi connectivity index (χ1v) is 8.88. The first kappa shape index (κ1) is 14.0. The summed E-state index contributed by atoms with van der Waals surface area (Å²) in [5.41, 5.74) is 0. The fraction of sp³-hybridized carbons (Fsp3) is 0.667. The minimum Gasteiger partial charge on any atom is -0.311 e. The molecule has 0 saturated carbocycles. The summed E-state index contributed by atoms with van der Waals surface area (Å²) in [7, 11) is -2.75. The van der Waals surface area contributed by atoms with Crippen LogP contribution in [0.2, 0.25) is 0 Å². The number of nitrogens with zero attached hydrogens (tertiary/aromatic N) is 1. The van der Waals surface area contributed by atoms with E-state index in [1.54, 1.807) is 0 Å². The largest absolute Gasteiger partial charge is 0.311 e. The van der Waals surface area contributed by atoms with Crippen molar-refractivity contribution in [2.24, 2.45) is 0 Å². The van der Waals surface area contributed by atoms with Crippen LogP contribution in [0.15, 0.2) is 12.1 Å². The smallest absolute Gasteiger partial charge is 0.152 e. The number of hydrogen-bond donors (Lipinski definition) is 1. The van der Waals surface area contributed by atoms with Gasteiger partial charge in [-0.2, -0.15) is 0 Å². The standard InChI is InChI=1S/C12H20N2O2S2/c1-11-2-3-12(17-11)10-13-4-5-14-6-8-18(15,16)9-7-14/h2-3,13H,4-10H2,1H3. The lowest BCUT2D eigenvalue weighted by atomic mass is 10.4. The lowest BCUT2D eigenvalue weighted by molar-refractivity contribution is 0.294. The molecule has 0 aromatic carbocycles. The van der Waals surface area contributed by atoms with E-state index >= 15 is 0 Å². The molecular formula is C12H20N2O2S2. The zero-order valence-corrected chi connectivity index (χ0v) is 12.3. The number of aryl methyl sites for hydroxylation is 1. The third-order valence-corrected chi connectivity index (χ3v) is 5.75. The molecule has 1 saturated heterocycles. The van der Waals surface area contributed by atoms with Gasteiger partial charge in [0.15, 0.2) is 9.84 Å². The van der Waals surface area contributed by atoms with E-state index in [1.165, 1.54) is 9.75 Å². The van der Waals surface area contributed by atoms with Gasteiger partial charge in [-0.3, -0.25) is 0 Å². The minimum atomic E-state index is -2.75. The van der Waals surface area contributed by atoms with Gasteiger partial charge in [-0.05, 0) is 19.1 Å². The van der Waals surface area contributed by atoms with Gasteiger partial charge in [0.2, 0.25) is 0 Å². The summed E-state index contributed by atoms with van der Waals surface area (Å²) in [4.78, 5) is 4.91. The van der Waals surface area contributed by atoms with E-state index in [0.29, 0.717) is 24.6 Å². The second-order valence-electron chi connectivity index (χ2n) is 4.68. The van der Waals surface area contributed by atoms with Crippen LogP contribution in [0.25, 0.3) is 0 Å². The number of rotatable bonds is 5. The summed E-state index contributed by atoms with van der Waals surface area (Å²) < 4.78 is 22.5. The molecule has 1 N–H and O–H groups in total. The molecule has 0 aliphatic carbocycles. The summed E-state index contributed by atoms with van der Waals surface area (Å²) in [5.74, 6) is 0.633. The highest BCUT2D eigenvalue weighted by Crippen LogP contribution is 2.14. The van der Waals surface area contributed by atoms with Gasteiger partial charge in [0.25, 0.3) is 0 Å². The minimum absolute atomic E-state index is 0.317. The van der Waals surface area contributed by atoms with E-state index in [2.05, 4.69) is 29.3 Å².